The lowest BCUT2D eigenvalue weighted by Crippen LogP contribution is -2.24. The van der Waals surface area contributed by atoms with Crippen LogP contribution in [0.3, 0.4) is 0 Å². The molecule has 2 aromatic rings. The van der Waals surface area contributed by atoms with Crippen LogP contribution in [-0.2, 0) is 4.79 Å². The summed E-state index contributed by atoms with van der Waals surface area (Å²) >= 11 is 0. The predicted octanol–water partition coefficient (Wildman–Crippen LogP) is 0.847. The van der Waals surface area contributed by atoms with Crippen molar-refractivity contribution in [1.29, 1.82) is 0 Å². The molecule has 0 N–H and O–H groups in total. The van der Waals surface area contributed by atoms with Gasteiger partial charge in [0.1, 0.15) is 5.75 Å². The van der Waals surface area contributed by atoms with Crippen molar-refractivity contribution in [3.8, 4) is 11.5 Å². The van der Waals surface area contributed by atoms with Crippen LogP contribution < -0.4 is 20.0 Å². The summed E-state index contributed by atoms with van der Waals surface area (Å²) in [5, 5.41) is 39.2. The molecule has 0 spiro atoms. The number of nitrogens with zero attached hydrogens (tertiary/aromatic N) is 3. The summed E-state index contributed by atoms with van der Waals surface area (Å²) < 4.78 is 4.89. The Labute approximate surface area is 164 Å². The molecule has 0 radical (unpaired) electrons. The number of carboxylic acid groups (broad SMARTS) is 1. The Kier molecular flexibility index (Phi) is 5.01. The molecule has 0 aliphatic carbocycles. The number of nitro groups is 1. The summed E-state index contributed by atoms with van der Waals surface area (Å²) in [7, 11) is 1.21. The Morgan fingerprint density at radius 2 is 2.00 bits per heavy atom. The molecule has 0 saturated heterocycles. The normalized spacial score (nSPS) is 14.8. The van der Waals surface area contributed by atoms with E-state index in [1.165, 1.54) is 43.5 Å². The Balaban J connectivity index is 2.02. The van der Waals surface area contributed by atoms with E-state index in [1.54, 1.807) is 6.92 Å². The fraction of sp³-hybridized carbons (Fsp3) is 0.105. The molecular formula is C19H13N3O7-2. The van der Waals surface area contributed by atoms with Crippen LogP contribution in [0.4, 0.5) is 11.4 Å². The van der Waals surface area contributed by atoms with E-state index in [9.17, 15) is 29.9 Å². The highest BCUT2D eigenvalue weighted by molar-refractivity contribution is 6.32. The van der Waals surface area contributed by atoms with Gasteiger partial charge in [-0.05, 0) is 42.3 Å². The third kappa shape index (κ3) is 3.63. The van der Waals surface area contributed by atoms with Gasteiger partial charge in [-0.15, -0.1) is 0 Å². The number of anilines is 1. The Bertz CT molecular complexity index is 1100. The number of carboxylic acids is 1. The second-order valence-corrected chi connectivity index (χ2v) is 6.03. The predicted molar refractivity (Wildman–Crippen MR) is 98.4 cm³/mol. The summed E-state index contributed by atoms with van der Waals surface area (Å²) in [5.74, 6) is -3.06. The largest absolute Gasteiger partial charge is 0.865 e. The molecule has 29 heavy (non-hydrogen) atoms. The van der Waals surface area contributed by atoms with Crippen LogP contribution in [0.5, 0.6) is 11.5 Å². The van der Waals surface area contributed by atoms with Crippen LogP contribution in [0.25, 0.3) is 6.08 Å². The summed E-state index contributed by atoms with van der Waals surface area (Å²) in [6.07, 6.45) is 1.35. The Hall–Kier alpha value is -4.21. The van der Waals surface area contributed by atoms with Crippen LogP contribution in [-0.4, -0.2) is 29.6 Å². The lowest BCUT2D eigenvalue weighted by molar-refractivity contribution is -0.398. The number of benzene rings is 2. The van der Waals surface area contributed by atoms with Crippen LogP contribution in [0.15, 0.2) is 47.1 Å². The standard InChI is InChI=1S/C19H15N3O7/c1-10-14(6-11-7-15(22(27)28)17(23)16(8-11)29-2)18(24)21(20-10)13-5-3-4-12(9-13)19(25)26/h3-9,23H,1-2H3,(H,25,26)/p-2. The van der Waals surface area contributed by atoms with E-state index in [4.69, 9.17) is 4.74 Å². The molecule has 0 fully saturated rings. The number of hydrazone groups is 1. The first-order valence-electron chi connectivity index (χ1n) is 8.19. The molecule has 1 aliphatic heterocycles. The number of hydrogen-bond donors (Lipinski definition) is 0. The fourth-order valence-electron chi connectivity index (χ4n) is 2.77. The lowest BCUT2D eigenvalue weighted by atomic mass is 10.1. The topological polar surface area (TPSA) is 148 Å². The van der Waals surface area contributed by atoms with Gasteiger partial charge in [0, 0.05) is 11.8 Å². The smallest absolute Gasteiger partial charge is 0.280 e. The second kappa shape index (κ2) is 7.43. The average Bonchev–Trinajstić information content (AvgIpc) is 2.97. The molecule has 148 valence electrons. The number of carbonyl (C=O) groups excluding carboxylic acids is 2. The minimum atomic E-state index is -1.40. The molecule has 10 nitrogen and oxygen atoms in total. The molecule has 1 heterocycles. The van der Waals surface area contributed by atoms with Crippen molar-refractivity contribution in [1.82, 2.24) is 0 Å². The van der Waals surface area contributed by atoms with Gasteiger partial charge in [0.2, 0.25) is 0 Å². The molecular weight excluding hydrogens is 382 g/mol. The van der Waals surface area contributed by atoms with E-state index >= 15 is 0 Å². The summed E-state index contributed by atoms with van der Waals surface area (Å²) in [5.41, 5.74) is 0.0524. The molecule has 1 amide bonds. The third-order valence-corrected chi connectivity index (χ3v) is 4.17. The summed E-state index contributed by atoms with van der Waals surface area (Å²) in [6.45, 7) is 1.56. The van der Waals surface area contributed by atoms with E-state index in [-0.39, 0.29) is 28.1 Å². The molecule has 0 saturated carbocycles. The Morgan fingerprint density at radius 3 is 2.62 bits per heavy atom. The van der Waals surface area contributed by atoms with Crippen molar-refractivity contribution in [2.24, 2.45) is 5.10 Å². The maximum absolute atomic E-state index is 12.8. The number of hydrogen-bond acceptors (Lipinski definition) is 8. The minimum Gasteiger partial charge on any atom is -0.865 e. The van der Waals surface area contributed by atoms with Crippen molar-refractivity contribution < 1.29 is 29.5 Å². The van der Waals surface area contributed by atoms with Gasteiger partial charge >= 0.3 is 0 Å². The van der Waals surface area contributed by atoms with E-state index in [2.05, 4.69) is 5.10 Å². The summed E-state index contributed by atoms with van der Waals surface area (Å²) in [6, 6.07) is 7.83. The minimum absolute atomic E-state index is 0.119. The highest BCUT2D eigenvalue weighted by Gasteiger charge is 2.29. The SMILES string of the molecule is COc1cc(C=C2C(=O)N(c3cccc(C(=O)[O-])c3)N=C2C)cc([N+](=O)[O-])c1[O-]. The zero-order valence-corrected chi connectivity index (χ0v) is 15.2. The summed E-state index contributed by atoms with van der Waals surface area (Å²) in [4.78, 5) is 34.1. The van der Waals surface area contributed by atoms with Crippen LogP contribution in [0.2, 0.25) is 0 Å². The van der Waals surface area contributed by atoms with Crippen molar-refractivity contribution >= 4 is 35.0 Å². The van der Waals surface area contributed by atoms with Gasteiger partial charge in [0.05, 0.1) is 35.0 Å². The van der Waals surface area contributed by atoms with Crippen LogP contribution in [0.1, 0.15) is 22.8 Å². The number of methoxy groups -OCH3 is 1. The lowest BCUT2D eigenvalue weighted by Gasteiger charge is -2.14. The van der Waals surface area contributed by atoms with Gasteiger partial charge in [-0.25, -0.2) is 0 Å². The molecule has 3 rings (SSSR count). The first kappa shape index (κ1) is 19.5. The quantitative estimate of drug-likeness (QED) is 0.414. The van der Waals surface area contributed by atoms with Crippen molar-refractivity contribution in [3.05, 3.63) is 63.2 Å². The van der Waals surface area contributed by atoms with E-state index in [1.807, 2.05) is 0 Å². The van der Waals surface area contributed by atoms with Gasteiger partial charge in [-0.2, -0.15) is 10.1 Å². The third-order valence-electron chi connectivity index (χ3n) is 4.17. The number of amides is 1. The number of ether oxygens (including phenoxy) is 1. The number of nitro benzene ring substituents is 1. The van der Waals surface area contributed by atoms with E-state index in [0.29, 0.717) is 5.71 Å². The highest BCUT2D eigenvalue weighted by Crippen LogP contribution is 2.36. The fourth-order valence-corrected chi connectivity index (χ4v) is 2.77. The molecule has 2 aromatic carbocycles. The Morgan fingerprint density at radius 1 is 1.28 bits per heavy atom. The maximum atomic E-state index is 12.8. The maximum Gasteiger partial charge on any atom is 0.280 e. The van der Waals surface area contributed by atoms with Crippen molar-refractivity contribution in [3.63, 3.8) is 0 Å². The van der Waals surface area contributed by atoms with E-state index < -0.39 is 28.2 Å². The monoisotopic (exact) mass is 395 g/mol. The zero-order chi connectivity index (χ0) is 21.3. The van der Waals surface area contributed by atoms with Crippen molar-refractivity contribution in [2.75, 3.05) is 12.1 Å². The molecule has 10 heteroatoms. The zero-order valence-electron chi connectivity index (χ0n) is 15.2. The first-order valence-corrected chi connectivity index (χ1v) is 8.19. The van der Waals surface area contributed by atoms with Gasteiger partial charge < -0.3 is 19.7 Å². The van der Waals surface area contributed by atoms with Crippen LogP contribution >= 0.6 is 0 Å². The number of rotatable bonds is 5. The number of carbonyl (C=O) groups is 2. The van der Waals surface area contributed by atoms with Gasteiger partial charge in [0.25, 0.3) is 11.6 Å². The van der Waals surface area contributed by atoms with Gasteiger partial charge in [-0.3, -0.25) is 14.9 Å². The first-order chi connectivity index (χ1) is 13.7. The molecule has 1 aliphatic rings. The average molecular weight is 395 g/mol. The molecule has 0 bridgehead atoms. The molecule has 0 aromatic heterocycles. The number of aromatic carboxylic acids is 1. The molecule has 0 atom stereocenters. The highest BCUT2D eigenvalue weighted by atomic mass is 16.6. The van der Waals surface area contributed by atoms with Crippen molar-refractivity contribution in [2.45, 2.75) is 6.92 Å². The van der Waals surface area contributed by atoms with E-state index in [0.717, 1.165) is 11.1 Å². The second-order valence-electron chi connectivity index (χ2n) is 6.03. The van der Waals surface area contributed by atoms with Gasteiger partial charge in [0.15, 0.2) is 0 Å². The molecule has 0 unspecified atom stereocenters. The van der Waals surface area contributed by atoms with Gasteiger partial charge in [-0.1, -0.05) is 12.1 Å². The van der Waals surface area contributed by atoms with Crippen LogP contribution in [0, 0.1) is 10.1 Å².